The van der Waals surface area contributed by atoms with E-state index >= 15 is 0 Å². The zero-order valence-corrected chi connectivity index (χ0v) is 13.8. The Balaban J connectivity index is 0.00000220. The minimum Gasteiger partial charge on any atom is -0.494 e. The third-order valence-electron chi connectivity index (χ3n) is 2.96. The highest BCUT2D eigenvalue weighted by atomic mass is 35.5. The topological polar surface area (TPSA) is 107 Å². The third-order valence-corrected chi connectivity index (χ3v) is 2.96. The number of nitrogens with zero attached hydrogens (tertiary/aromatic N) is 1. The van der Waals surface area contributed by atoms with Gasteiger partial charge >= 0.3 is 0 Å². The first-order valence-electron chi connectivity index (χ1n) is 6.40. The van der Waals surface area contributed by atoms with Crippen LogP contribution < -0.4 is 21.8 Å². The minimum atomic E-state index is -0.178. The fourth-order valence-electron chi connectivity index (χ4n) is 1.93. The molecule has 1 aromatic heterocycles. The lowest BCUT2D eigenvalue weighted by Crippen LogP contribution is -2.19. The van der Waals surface area contributed by atoms with Crippen LogP contribution in [0.25, 0.3) is 0 Å². The maximum atomic E-state index is 11.7. The maximum absolute atomic E-state index is 11.7. The summed E-state index contributed by atoms with van der Waals surface area (Å²) >= 11 is 0. The number of nitrogens with two attached hydrogens (primary N) is 2. The molecule has 0 bridgehead atoms. The lowest BCUT2D eigenvalue weighted by atomic mass is 10.1. The fourth-order valence-corrected chi connectivity index (χ4v) is 1.93. The predicted molar refractivity (Wildman–Crippen MR) is 93.2 cm³/mol. The lowest BCUT2D eigenvalue weighted by molar-refractivity contribution is 0.311. The smallest absolute Gasteiger partial charge is 0.255 e. The van der Waals surface area contributed by atoms with E-state index in [1.165, 1.54) is 0 Å². The number of benzene rings is 1. The molecule has 6 nitrogen and oxygen atoms in total. The van der Waals surface area contributed by atoms with Gasteiger partial charge in [-0.2, -0.15) is 0 Å². The molecule has 0 saturated heterocycles. The van der Waals surface area contributed by atoms with E-state index in [0.29, 0.717) is 30.0 Å². The Labute approximate surface area is 141 Å². The van der Waals surface area contributed by atoms with Gasteiger partial charge in [0.15, 0.2) is 0 Å². The van der Waals surface area contributed by atoms with Crippen molar-refractivity contribution in [1.82, 2.24) is 9.97 Å². The van der Waals surface area contributed by atoms with Crippen LogP contribution in [0.3, 0.4) is 0 Å². The van der Waals surface area contributed by atoms with Crippen LogP contribution in [-0.4, -0.2) is 16.6 Å². The van der Waals surface area contributed by atoms with Gasteiger partial charge in [0, 0.05) is 16.9 Å². The van der Waals surface area contributed by atoms with Crippen LogP contribution in [0.15, 0.2) is 29.1 Å². The maximum Gasteiger partial charge on any atom is 0.255 e. The molecule has 2 aromatic rings. The second-order valence-corrected chi connectivity index (χ2v) is 4.54. The number of rotatable bonds is 5. The zero-order valence-electron chi connectivity index (χ0n) is 12.2. The first-order valence-corrected chi connectivity index (χ1v) is 6.40. The zero-order chi connectivity index (χ0) is 14.5. The largest absolute Gasteiger partial charge is 0.494 e. The third kappa shape index (κ3) is 5.46. The number of aryl methyl sites for hydroxylation is 1. The Hall–Kier alpha value is -1.92. The summed E-state index contributed by atoms with van der Waals surface area (Å²) in [6.45, 7) is 2.30. The van der Waals surface area contributed by atoms with Crippen molar-refractivity contribution in [3.05, 3.63) is 45.9 Å². The van der Waals surface area contributed by atoms with Crippen molar-refractivity contribution in [2.24, 2.45) is 0 Å². The van der Waals surface area contributed by atoms with E-state index in [1.54, 1.807) is 19.1 Å². The van der Waals surface area contributed by atoms with Crippen molar-refractivity contribution in [1.29, 1.82) is 0 Å². The lowest BCUT2D eigenvalue weighted by Gasteiger charge is -2.07. The van der Waals surface area contributed by atoms with Crippen molar-refractivity contribution < 1.29 is 4.74 Å². The van der Waals surface area contributed by atoms with Crippen LogP contribution >= 0.6 is 24.8 Å². The number of anilines is 2. The second kappa shape index (κ2) is 9.17. The van der Waals surface area contributed by atoms with Gasteiger partial charge in [-0.3, -0.25) is 9.78 Å². The molecule has 0 unspecified atom stereocenters. The number of aromatic amines is 1. The molecule has 1 heterocycles. The average molecular weight is 347 g/mol. The summed E-state index contributed by atoms with van der Waals surface area (Å²) in [6, 6.07) is 7.21. The van der Waals surface area contributed by atoms with Crippen LogP contribution in [0.5, 0.6) is 5.75 Å². The van der Waals surface area contributed by atoms with Gasteiger partial charge in [-0.05, 0) is 44.0 Å². The van der Waals surface area contributed by atoms with Crippen LogP contribution in [0.2, 0.25) is 0 Å². The van der Waals surface area contributed by atoms with Gasteiger partial charge in [0.25, 0.3) is 5.56 Å². The predicted octanol–water partition coefficient (Wildman–Crippen LogP) is 2.10. The van der Waals surface area contributed by atoms with E-state index in [-0.39, 0.29) is 36.3 Å². The number of H-pyrrole nitrogens is 1. The minimum absolute atomic E-state index is 0. The summed E-state index contributed by atoms with van der Waals surface area (Å²) in [7, 11) is 0. The Bertz CT molecular complexity index is 644. The molecule has 2 rings (SSSR count). The van der Waals surface area contributed by atoms with E-state index in [0.717, 1.165) is 12.2 Å². The quantitative estimate of drug-likeness (QED) is 0.567. The summed E-state index contributed by atoms with van der Waals surface area (Å²) in [5.74, 6) is 0.912. The van der Waals surface area contributed by atoms with Gasteiger partial charge in [-0.25, -0.2) is 4.98 Å². The molecule has 0 aliphatic rings. The summed E-state index contributed by atoms with van der Waals surface area (Å²) in [5.41, 5.74) is 12.9. The van der Waals surface area contributed by atoms with Gasteiger partial charge in [0.1, 0.15) is 5.75 Å². The molecule has 0 amide bonds. The van der Waals surface area contributed by atoms with E-state index < -0.39 is 0 Å². The second-order valence-electron chi connectivity index (χ2n) is 4.54. The molecule has 1 aromatic carbocycles. The van der Waals surface area contributed by atoms with E-state index in [9.17, 15) is 4.79 Å². The first-order chi connectivity index (χ1) is 9.56. The first kappa shape index (κ1) is 20.1. The number of hydrogen-bond donors (Lipinski definition) is 3. The summed E-state index contributed by atoms with van der Waals surface area (Å²) < 4.78 is 5.57. The Morgan fingerprint density at radius 2 is 1.82 bits per heavy atom. The molecule has 122 valence electrons. The number of aromatic nitrogens is 2. The molecule has 8 heteroatoms. The molecule has 0 spiro atoms. The SMILES string of the molecule is Cc1nc(N)[nH]c(=O)c1CCCOc1ccc(N)cc1.Cl.Cl. The van der Waals surface area contributed by atoms with Gasteiger partial charge < -0.3 is 16.2 Å². The Morgan fingerprint density at radius 1 is 1.18 bits per heavy atom. The standard InChI is InChI=1S/C14H18N4O2.2ClH/c1-9-12(13(19)18-14(16)17-9)3-2-8-20-11-6-4-10(15)5-7-11;;/h4-7H,2-3,8,15H2,1H3,(H3,16,17,18,19);2*1H. The van der Waals surface area contributed by atoms with Crippen LogP contribution in [0.4, 0.5) is 11.6 Å². The monoisotopic (exact) mass is 346 g/mol. The molecular formula is C14H20Cl2N4O2. The molecule has 0 aliphatic heterocycles. The number of nitrogens with one attached hydrogen (secondary N) is 1. The Kier molecular flexibility index (Phi) is 8.37. The van der Waals surface area contributed by atoms with Gasteiger partial charge in [-0.1, -0.05) is 0 Å². The molecule has 0 saturated carbocycles. The highest BCUT2D eigenvalue weighted by molar-refractivity contribution is 5.85. The van der Waals surface area contributed by atoms with Crippen LogP contribution in [0.1, 0.15) is 17.7 Å². The van der Waals surface area contributed by atoms with E-state index in [1.807, 2.05) is 12.1 Å². The van der Waals surface area contributed by atoms with Crippen molar-refractivity contribution >= 4 is 36.4 Å². The van der Waals surface area contributed by atoms with Crippen molar-refractivity contribution in [2.45, 2.75) is 19.8 Å². The number of nitrogen functional groups attached to an aromatic ring is 2. The summed E-state index contributed by atoms with van der Waals surface area (Å²) in [4.78, 5) is 18.3. The molecule has 0 radical (unpaired) electrons. The number of hydrogen-bond acceptors (Lipinski definition) is 5. The molecule has 5 N–H and O–H groups in total. The molecular weight excluding hydrogens is 327 g/mol. The highest BCUT2D eigenvalue weighted by Crippen LogP contribution is 2.13. The number of ether oxygens (including phenoxy) is 1. The van der Waals surface area contributed by atoms with Crippen LogP contribution in [0, 0.1) is 6.92 Å². The molecule has 22 heavy (non-hydrogen) atoms. The van der Waals surface area contributed by atoms with Gasteiger partial charge in [0.2, 0.25) is 5.95 Å². The molecule has 0 atom stereocenters. The molecule has 0 aliphatic carbocycles. The van der Waals surface area contributed by atoms with Crippen LogP contribution in [-0.2, 0) is 6.42 Å². The van der Waals surface area contributed by atoms with E-state index in [2.05, 4.69) is 9.97 Å². The number of halogens is 2. The fraction of sp³-hybridized carbons (Fsp3) is 0.286. The summed E-state index contributed by atoms with van der Waals surface area (Å²) in [6.07, 6.45) is 1.32. The molecule has 0 fully saturated rings. The summed E-state index contributed by atoms with van der Waals surface area (Å²) in [5, 5.41) is 0. The van der Waals surface area contributed by atoms with E-state index in [4.69, 9.17) is 16.2 Å². The van der Waals surface area contributed by atoms with Gasteiger partial charge in [0.05, 0.1) is 6.61 Å². The normalized spacial score (nSPS) is 9.50. The average Bonchev–Trinajstić information content (AvgIpc) is 2.39. The van der Waals surface area contributed by atoms with Crippen molar-refractivity contribution in [3.8, 4) is 5.75 Å². The van der Waals surface area contributed by atoms with Gasteiger partial charge in [-0.15, -0.1) is 24.8 Å². The van der Waals surface area contributed by atoms with Crippen molar-refractivity contribution in [3.63, 3.8) is 0 Å². The Morgan fingerprint density at radius 3 is 2.41 bits per heavy atom. The highest BCUT2D eigenvalue weighted by Gasteiger charge is 2.06. The van der Waals surface area contributed by atoms with Crippen molar-refractivity contribution in [2.75, 3.05) is 18.1 Å².